The van der Waals surface area contributed by atoms with Crippen molar-refractivity contribution in [3.05, 3.63) is 603 Å². The number of nitrogens with zero attached hydrogens (tertiary/aromatic N) is 4. The van der Waals surface area contributed by atoms with Gasteiger partial charge in [0.05, 0.1) is 44.3 Å². The average Bonchev–Trinajstić information content (AvgIpc) is 1.53. The highest BCUT2D eigenvalue weighted by molar-refractivity contribution is 6.13. The van der Waals surface area contributed by atoms with E-state index >= 15 is 0 Å². The molecule has 27 aromatic rings. The first-order valence-corrected chi connectivity index (χ1v) is 50.2. The lowest BCUT2D eigenvalue weighted by molar-refractivity contribution is 0.668. The SMILES string of the molecule is c1ccc(C2(c3ccccc3)c3ccccc3-c3c(N(c4ccc(-c5ccc(-c6ccc7oc8ccccc8c7c6)cc5)cc4)c4ccc(-c5ccc(-c6ccc7oc8ccccc8c7c6)cc5)cc4)cccc32)cc1.c1ccc(C2(c3ccccc3)c3ccccc3-c3c(N(c4ccc(-c5cccc(-n6c7ccccc7c7ccccc76)c5)cc4)c4cccc(-n5c6ccccc6c6ccccc65)c4)cccc32)cc1. The molecule has 0 saturated heterocycles. The highest BCUT2D eigenvalue weighted by Gasteiger charge is 2.49. The Morgan fingerprint density at radius 3 is 0.808 bits per heavy atom. The third-order valence-corrected chi connectivity index (χ3v) is 30.6. The van der Waals surface area contributed by atoms with E-state index in [0.29, 0.717) is 0 Å². The van der Waals surface area contributed by atoms with Crippen molar-refractivity contribution in [1.82, 2.24) is 9.13 Å². The number of benzene rings is 23. The molecule has 0 N–H and O–H groups in total. The van der Waals surface area contributed by atoms with Gasteiger partial charge in [-0.1, -0.05) is 419 Å². The Bertz CT molecular complexity index is 9340. The van der Waals surface area contributed by atoms with E-state index in [4.69, 9.17) is 8.83 Å². The van der Waals surface area contributed by atoms with E-state index < -0.39 is 10.8 Å². The molecule has 6 nitrogen and oxygen atoms in total. The van der Waals surface area contributed by atoms with Crippen LogP contribution in [0.15, 0.2) is 567 Å². The number of anilines is 6. The first kappa shape index (κ1) is 84.9. The molecule has 0 radical (unpaired) electrons. The van der Waals surface area contributed by atoms with Crippen molar-refractivity contribution in [2.75, 3.05) is 9.80 Å². The van der Waals surface area contributed by atoms with Crippen LogP contribution in [0.1, 0.15) is 44.5 Å². The molecule has 0 aliphatic heterocycles. The fourth-order valence-corrected chi connectivity index (χ4v) is 24.1. The van der Waals surface area contributed by atoms with Crippen molar-refractivity contribution in [2.24, 2.45) is 0 Å². The maximum absolute atomic E-state index is 6.14. The molecule has 0 unspecified atom stereocenters. The fraction of sp³-hybridized carbons (Fsp3) is 0.0143. The maximum Gasteiger partial charge on any atom is 0.135 e. The van der Waals surface area contributed by atoms with Crippen LogP contribution in [-0.2, 0) is 10.8 Å². The first-order chi connectivity index (χ1) is 72.4. The molecule has 146 heavy (non-hydrogen) atoms. The highest BCUT2D eigenvalue weighted by Crippen LogP contribution is 2.63. The van der Waals surface area contributed by atoms with Crippen molar-refractivity contribution in [2.45, 2.75) is 10.8 Å². The van der Waals surface area contributed by atoms with Crippen molar-refractivity contribution in [3.63, 3.8) is 0 Å². The van der Waals surface area contributed by atoms with E-state index in [-0.39, 0.29) is 0 Å². The summed E-state index contributed by atoms with van der Waals surface area (Å²) in [6.07, 6.45) is 0. The molecule has 4 aromatic heterocycles. The summed E-state index contributed by atoms with van der Waals surface area (Å²) in [4.78, 5) is 4.93. The van der Waals surface area contributed by atoms with E-state index in [9.17, 15) is 0 Å². The van der Waals surface area contributed by atoms with Gasteiger partial charge in [0.15, 0.2) is 0 Å². The van der Waals surface area contributed by atoms with Crippen LogP contribution in [0, 0.1) is 0 Å². The van der Waals surface area contributed by atoms with E-state index in [2.05, 4.69) is 553 Å². The minimum absolute atomic E-state index is 0.529. The molecule has 4 heterocycles. The highest BCUT2D eigenvalue weighted by atomic mass is 16.3. The van der Waals surface area contributed by atoms with E-state index in [1.807, 2.05) is 24.3 Å². The predicted octanol–water partition coefficient (Wildman–Crippen LogP) is 37.4. The van der Waals surface area contributed by atoms with Gasteiger partial charge >= 0.3 is 0 Å². The Morgan fingerprint density at radius 1 is 0.164 bits per heavy atom. The summed E-state index contributed by atoms with van der Waals surface area (Å²) in [6.45, 7) is 0. The lowest BCUT2D eigenvalue weighted by Crippen LogP contribution is -2.28. The Labute approximate surface area is 846 Å². The minimum Gasteiger partial charge on any atom is -0.456 e. The second-order valence-corrected chi connectivity index (χ2v) is 38.3. The van der Waals surface area contributed by atoms with Crippen LogP contribution < -0.4 is 9.80 Å². The zero-order valence-electron chi connectivity index (χ0n) is 79.7. The van der Waals surface area contributed by atoms with Gasteiger partial charge in [-0.25, -0.2) is 0 Å². The van der Waals surface area contributed by atoms with Crippen LogP contribution in [0.25, 0.3) is 177 Å². The number of para-hydroxylation sites is 6. The summed E-state index contributed by atoms with van der Waals surface area (Å²) in [5.74, 6) is 0. The van der Waals surface area contributed by atoms with Crippen LogP contribution in [0.5, 0.6) is 0 Å². The third kappa shape index (κ3) is 13.8. The van der Waals surface area contributed by atoms with Gasteiger partial charge in [-0.05, 0) is 251 Å². The summed E-state index contributed by atoms with van der Waals surface area (Å²) in [7, 11) is 0. The van der Waals surface area contributed by atoms with Gasteiger partial charge in [-0.3, -0.25) is 0 Å². The van der Waals surface area contributed by atoms with E-state index in [1.54, 1.807) is 0 Å². The lowest BCUT2D eigenvalue weighted by Gasteiger charge is -2.34. The summed E-state index contributed by atoms with van der Waals surface area (Å²) >= 11 is 0. The number of hydrogen-bond acceptors (Lipinski definition) is 4. The first-order valence-electron chi connectivity index (χ1n) is 50.2. The summed E-state index contributed by atoms with van der Waals surface area (Å²) in [5, 5.41) is 9.55. The molecule has 29 rings (SSSR count). The molecule has 0 bridgehead atoms. The van der Waals surface area contributed by atoms with Crippen molar-refractivity contribution >= 4 is 122 Å². The molecule has 0 spiro atoms. The minimum atomic E-state index is -0.536. The number of fused-ring (bicyclic) bond motifs is 18. The largest absolute Gasteiger partial charge is 0.456 e. The van der Waals surface area contributed by atoms with Crippen LogP contribution in [-0.4, -0.2) is 9.13 Å². The quantitative estimate of drug-likeness (QED) is 0.0911. The Hall–Kier alpha value is -19.1. The van der Waals surface area contributed by atoms with Crippen molar-refractivity contribution in [1.29, 1.82) is 0 Å². The second-order valence-electron chi connectivity index (χ2n) is 38.3. The number of rotatable bonds is 17. The molecular formula is C140H92N4O2. The van der Waals surface area contributed by atoms with Crippen molar-refractivity contribution < 1.29 is 8.83 Å². The third-order valence-electron chi connectivity index (χ3n) is 30.6. The normalized spacial score (nSPS) is 12.6. The summed E-state index contributed by atoms with van der Waals surface area (Å²) in [5.41, 5.74) is 42.8. The van der Waals surface area contributed by atoms with E-state index in [0.717, 1.165) is 134 Å². The molecule has 6 heteroatoms. The van der Waals surface area contributed by atoms with E-state index in [1.165, 1.54) is 122 Å². The van der Waals surface area contributed by atoms with Crippen LogP contribution >= 0.6 is 0 Å². The van der Waals surface area contributed by atoms with Gasteiger partial charge in [-0.2, -0.15) is 0 Å². The van der Waals surface area contributed by atoms with Gasteiger partial charge in [0.1, 0.15) is 22.3 Å². The zero-order chi connectivity index (χ0) is 96.3. The second kappa shape index (κ2) is 35.0. The molecule has 0 fully saturated rings. The Kier molecular flexibility index (Phi) is 20.3. The van der Waals surface area contributed by atoms with Crippen molar-refractivity contribution in [3.8, 4) is 89.3 Å². The predicted molar refractivity (Wildman–Crippen MR) is 607 cm³/mol. The standard InChI is InChI=1S/C73H47NO2.C67H45N3/c1-3-14-56(15-4-1)73(57-16-5-2-6-17-57)65-21-10-7-20-62(65)72-66(73)22-13-23-67(72)74(58-40-34-50(35-41-58)48-26-30-52(31-27-48)54-38-44-70-63(46-54)60-18-8-11-24-68(60)75-70)59-42-36-51(37-43-59)49-28-32-53(33-29-49)55-39-45-71-64(47-55)61-19-9-12-25-69(61)76-71;1-3-21-48(22-4-1)67(49-23-5-2-6-24-49)59-33-12-7-32-58(59)66-60(67)34-19-39-65(66)68(52-26-18-27-53(45-52)70-63-37-15-10-30-56(63)57-31-11-16-38-64(57)70)50-42-40-46(41-43-50)47-20-17-25-51(44-47)69-61-35-13-8-28-54(61)55-29-9-14-36-62(55)69/h1-47H;1-45H. The number of furan rings is 2. The van der Waals surface area contributed by atoms with Crippen LogP contribution in [0.2, 0.25) is 0 Å². The zero-order valence-corrected chi connectivity index (χ0v) is 79.7. The van der Waals surface area contributed by atoms with Crippen LogP contribution in [0.3, 0.4) is 0 Å². The van der Waals surface area contributed by atoms with Gasteiger partial charge < -0.3 is 27.8 Å². The molecule has 2 aliphatic carbocycles. The smallest absolute Gasteiger partial charge is 0.135 e. The Morgan fingerprint density at radius 2 is 0.432 bits per heavy atom. The molecule has 0 saturated carbocycles. The maximum atomic E-state index is 6.14. The van der Waals surface area contributed by atoms with Gasteiger partial charge in [0, 0.05) is 88.3 Å². The lowest BCUT2D eigenvalue weighted by atomic mass is 9.68. The topological polar surface area (TPSA) is 42.6 Å². The number of hydrogen-bond donors (Lipinski definition) is 0. The molecule has 0 atom stereocenters. The Balaban J connectivity index is 0.000000142. The average molecular weight is 1860 g/mol. The molecule has 2 aliphatic rings. The molecule has 684 valence electrons. The molecule has 23 aromatic carbocycles. The summed E-state index contributed by atoms with van der Waals surface area (Å²) in [6, 6.07) is 204. The van der Waals surface area contributed by atoms with Crippen LogP contribution in [0.4, 0.5) is 34.1 Å². The van der Waals surface area contributed by atoms with Gasteiger partial charge in [-0.15, -0.1) is 0 Å². The monoisotopic (exact) mass is 1860 g/mol. The summed E-state index contributed by atoms with van der Waals surface area (Å²) < 4.78 is 17.1. The van der Waals surface area contributed by atoms with Gasteiger partial charge in [0.2, 0.25) is 0 Å². The molecule has 0 amide bonds. The number of aromatic nitrogens is 2. The van der Waals surface area contributed by atoms with Gasteiger partial charge in [0.25, 0.3) is 0 Å². The fourth-order valence-electron chi connectivity index (χ4n) is 24.1. The molecular weight excluding hydrogens is 1770 g/mol.